The molecule has 0 bridgehead atoms. The van der Waals surface area contributed by atoms with Gasteiger partial charge >= 0.3 is 0 Å². The number of rotatable bonds is 5. The van der Waals surface area contributed by atoms with Crippen LogP contribution in [0, 0.1) is 5.92 Å². The van der Waals surface area contributed by atoms with Crippen LogP contribution in [0.1, 0.15) is 26.2 Å². The fourth-order valence-electron chi connectivity index (χ4n) is 1.79. The highest BCUT2D eigenvalue weighted by Gasteiger charge is 2.29. The van der Waals surface area contributed by atoms with Crippen LogP contribution in [0.15, 0.2) is 0 Å². The largest absolute Gasteiger partial charge is 0.393 e. The summed E-state index contributed by atoms with van der Waals surface area (Å²) in [5, 5.41) is 11.7. The first-order chi connectivity index (χ1) is 7.39. The van der Waals surface area contributed by atoms with Gasteiger partial charge in [0.25, 0.3) is 0 Å². The summed E-state index contributed by atoms with van der Waals surface area (Å²) in [6, 6.07) is 0. The average Bonchev–Trinajstić information content (AvgIpc) is 2.44. The van der Waals surface area contributed by atoms with Crippen LogP contribution >= 0.6 is 0 Å². The van der Waals surface area contributed by atoms with E-state index in [2.05, 4.69) is 5.32 Å². The van der Waals surface area contributed by atoms with Crippen molar-refractivity contribution < 1.29 is 18.3 Å². The van der Waals surface area contributed by atoms with Crippen LogP contribution in [0.5, 0.6) is 0 Å². The molecule has 1 saturated heterocycles. The molecule has 1 fully saturated rings. The van der Waals surface area contributed by atoms with Gasteiger partial charge in [0.2, 0.25) is 5.91 Å². The number of aliphatic hydroxyl groups is 1. The van der Waals surface area contributed by atoms with Crippen LogP contribution in [0.2, 0.25) is 0 Å². The van der Waals surface area contributed by atoms with Crippen molar-refractivity contribution in [2.24, 2.45) is 5.92 Å². The number of sulfone groups is 1. The topological polar surface area (TPSA) is 83.5 Å². The first-order valence-electron chi connectivity index (χ1n) is 5.54. The molecule has 1 aliphatic heterocycles. The van der Waals surface area contributed by atoms with Gasteiger partial charge in [-0.1, -0.05) is 0 Å². The van der Waals surface area contributed by atoms with E-state index in [0.29, 0.717) is 19.4 Å². The van der Waals surface area contributed by atoms with Gasteiger partial charge in [-0.25, -0.2) is 8.42 Å². The van der Waals surface area contributed by atoms with Gasteiger partial charge in [-0.3, -0.25) is 4.79 Å². The Hall–Kier alpha value is -0.620. The summed E-state index contributed by atoms with van der Waals surface area (Å²) in [5.74, 6) is 0.189. The van der Waals surface area contributed by atoms with E-state index in [9.17, 15) is 13.2 Å². The highest BCUT2D eigenvalue weighted by Crippen LogP contribution is 2.21. The second kappa shape index (κ2) is 5.63. The van der Waals surface area contributed by atoms with Gasteiger partial charge in [0.15, 0.2) is 9.84 Å². The van der Waals surface area contributed by atoms with Crippen LogP contribution < -0.4 is 5.32 Å². The summed E-state index contributed by atoms with van der Waals surface area (Å²) in [7, 11) is -2.90. The Morgan fingerprint density at radius 3 is 2.75 bits per heavy atom. The number of carbonyl (C=O) groups excluding carboxylic acids is 1. The molecule has 0 radical (unpaired) electrons. The van der Waals surface area contributed by atoms with Gasteiger partial charge in [-0.2, -0.15) is 0 Å². The number of aliphatic hydroxyl groups excluding tert-OH is 1. The Balaban J connectivity index is 2.20. The molecule has 6 heteroatoms. The lowest BCUT2D eigenvalue weighted by Gasteiger charge is -2.09. The van der Waals surface area contributed by atoms with Crippen molar-refractivity contribution in [2.45, 2.75) is 32.3 Å². The molecule has 2 atom stereocenters. The summed E-state index contributed by atoms with van der Waals surface area (Å²) in [6.45, 7) is 2.10. The van der Waals surface area contributed by atoms with E-state index < -0.39 is 15.9 Å². The molecule has 0 aliphatic carbocycles. The molecule has 2 unspecified atom stereocenters. The van der Waals surface area contributed by atoms with Crippen molar-refractivity contribution in [1.82, 2.24) is 5.32 Å². The molecule has 1 amide bonds. The lowest BCUT2D eigenvalue weighted by atomic mass is 10.1. The van der Waals surface area contributed by atoms with Gasteiger partial charge in [-0.05, 0) is 25.7 Å². The van der Waals surface area contributed by atoms with Gasteiger partial charge in [0, 0.05) is 13.0 Å². The van der Waals surface area contributed by atoms with Crippen LogP contribution in [0.3, 0.4) is 0 Å². The van der Waals surface area contributed by atoms with Crippen LogP contribution in [-0.2, 0) is 14.6 Å². The molecule has 5 nitrogen and oxygen atoms in total. The van der Waals surface area contributed by atoms with Gasteiger partial charge in [0.05, 0.1) is 17.6 Å². The lowest BCUT2D eigenvalue weighted by molar-refractivity contribution is -0.121. The molecule has 2 N–H and O–H groups in total. The van der Waals surface area contributed by atoms with E-state index >= 15 is 0 Å². The number of amides is 1. The third-order valence-corrected chi connectivity index (χ3v) is 4.52. The zero-order valence-electron chi connectivity index (χ0n) is 9.48. The summed E-state index contributed by atoms with van der Waals surface area (Å²) in [4.78, 5) is 11.4. The minimum Gasteiger partial charge on any atom is -0.393 e. The molecule has 0 saturated carbocycles. The monoisotopic (exact) mass is 249 g/mol. The van der Waals surface area contributed by atoms with Crippen molar-refractivity contribution in [1.29, 1.82) is 0 Å². The SMILES string of the molecule is CC(O)CCNC(=O)CC1CCS(=O)(=O)C1. The van der Waals surface area contributed by atoms with Crippen LogP contribution in [0.4, 0.5) is 0 Å². The van der Waals surface area contributed by atoms with Crippen molar-refractivity contribution >= 4 is 15.7 Å². The standard InChI is InChI=1S/C10H19NO4S/c1-8(12)2-4-11-10(13)6-9-3-5-16(14,15)7-9/h8-9,12H,2-7H2,1H3,(H,11,13). The van der Waals surface area contributed by atoms with E-state index in [1.54, 1.807) is 6.92 Å². The second-order valence-electron chi connectivity index (χ2n) is 4.46. The Kier molecular flexibility index (Phi) is 4.73. The number of hydrogen-bond acceptors (Lipinski definition) is 4. The van der Waals surface area contributed by atoms with Crippen molar-refractivity contribution in [3.05, 3.63) is 0 Å². The number of carbonyl (C=O) groups is 1. The summed E-state index contributed by atoms with van der Waals surface area (Å²) >= 11 is 0. The van der Waals surface area contributed by atoms with Gasteiger partial charge in [-0.15, -0.1) is 0 Å². The second-order valence-corrected chi connectivity index (χ2v) is 6.69. The van der Waals surface area contributed by atoms with E-state index in [1.165, 1.54) is 0 Å². The maximum Gasteiger partial charge on any atom is 0.220 e. The Bertz CT molecular complexity index is 337. The van der Waals surface area contributed by atoms with Crippen molar-refractivity contribution in [3.63, 3.8) is 0 Å². The molecule has 94 valence electrons. The minimum atomic E-state index is -2.90. The fourth-order valence-corrected chi connectivity index (χ4v) is 3.65. The maximum atomic E-state index is 11.4. The summed E-state index contributed by atoms with van der Waals surface area (Å²) < 4.78 is 22.3. The predicted octanol–water partition coefficient (Wildman–Crippen LogP) is -0.302. The smallest absolute Gasteiger partial charge is 0.220 e. The molecule has 0 aromatic rings. The first-order valence-corrected chi connectivity index (χ1v) is 7.36. The number of nitrogens with one attached hydrogen (secondary N) is 1. The Morgan fingerprint density at radius 1 is 1.56 bits per heavy atom. The quantitative estimate of drug-likeness (QED) is 0.700. The summed E-state index contributed by atoms with van der Waals surface area (Å²) in [5.41, 5.74) is 0. The van der Waals surface area contributed by atoms with E-state index in [-0.39, 0.29) is 29.8 Å². The lowest BCUT2D eigenvalue weighted by Crippen LogP contribution is -2.28. The highest BCUT2D eigenvalue weighted by atomic mass is 32.2. The van der Waals surface area contributed by atoms with Crippen LogP contribution in [0.25, 0.3) is 0 Å². The average molecular weight is 249 g/mol. The first kappa shape index (κ1) is 13.4. The van der Waals surface area contributed by atoms with Crippen molar-refractivity contribution in [2.75, 3.05) is 18.1 Å². The predicted molar refractivity (Wildman–Crippen MR) is 60.7 cm³/mol. The summed E-state index contributed by atoms with van der Waals surface area (Å²) in [6.07, 6.45) is 0.965. The molecule has 0 spiro atoms. The Labute approximate surface area is 96.1 Å². The zero-order valence-corrected chi connectivity index (χ0v) is 10.3. The molecule has 1 rings (SSSR count). The van der Waals surface area contributed by atoms with E-state index in [0.717, 1.165) is 0 Å². The maximum absolute atomic E-state index is 11.4. The number of hydrogen-bond donors (Lipinski definition) is 2. The fraction of sp³-hybridized carbons (Fsp3) is 0.900. The molecule has 1 heterocycles. The molecular weight excluding hydrogens is 230 g/mol. The van der Waals surface area contributed by atoms with Crippen molar-refractivity contribution in [3.8, 4) is 0 Å². The normalized spacial score (nSPS) is 25.2. The molecular formula is C10H19NO4S. The van der Waals surface area contributed by atoms with Gasteiger partial charge in [0.1, 0.15) is 0 Å². The zero-order chi connectivity index (χ0) is 12.2. The molecule has 0 aromatic heterocycles. The van der Waals surface area contributed by atoms with Crippen LogP contribution in [-0.4, -0.2) is 43.6 Å². The van der Waals surface area contributed by atoms with E-state index in [4.69, 9.17) is 5.11 Å². The Morgan fingerprint density at radius 2 is 2.25 bits per heavy atom. The third kappa shape index (κ3) is 4.94. The minimum absolute atomic E-state index is 0.0310. The van der Waals surface area contributed by atoms with E-state index in [1.807, 2.05) is 0 Å². The molecule has 1 aliphatic rings. The highest BCUT2D eigenvalue weighted by molar-refractivity contribution is 7.91. The van der Waals surface area contributed by atoms with Gasteiger partial charge < -0.3 is 10.4 Å². The molecule has 0 aromatic carbocycles. The third-order valence-electron chi connectivity index (χ3n) is 2.69. The molecule has 16 heavy (non-hydrogen) atoms.